The van der Waals surface area contributed by atoms with E-state index >= 15 is 0 Å². The van der Waals surface area contributed by atoms with Crippen LogP contribution in [0.25, 0.3) is 0 Å². The maximum atomic E-state index is 9.62. The topological polar surface area (TPSA) is 41.5 Å². The highest BCUT2D eigenvalue weighted by Gasteiger charge is 2.27. The molecule has 0 bridgehead atoms. The quantitative estimate of drug-likeness (QED) is 0.758. The highest BCUT2D eigenvalue weighted by Crippen LogP contribution is 2.19. The number of hydrogen-bond acceptors (Lipinski definition) is 3. The van der Waals surface area contributed by atoms with E-state index < -0.39 is 5.60 Å². The summed E-state index contributed by atoms with van der Waals surface area (Å²) in [5.41, 5.74) is -0.614. The fourth-order valence-electron chi connectivity index (χ4n) is 2.21. The number of piperidine rings is 1. The Labute approximate surface area is 99.6 Å². The molecule has 0 aromatic rings. The second-order valence-electron chi connectivity index (χ2n) is 5.63. The predicted molar refractivity (Wildman–Crippen MR) is 66.6 cm³/mol. The molecule has 0 amide bonds. The van der Waals surface area contributed by atoms with Crippen molar-refractivity contribution in [2.45, 2.75) is 77.2 Å². The molecule has 3 unspecified atom stereocenters. The Kier molecular flexibility index (Phi) is 5.22. The molecule has 0 aromatic heterocycles. The summed E-state index contributed by atoms with van der Waals surface area (Å²) < 4.78 is 5.89. The van der Waals surface area contributed by atoms with Gasteiger partial charge in [-0.3, -0.25) is 0 Å². The van der Waals surface area contributed by atoms with E-state index in [1.165, 1.54) is 6.42 Å². The maximum Gasteiger partial charge on any atom is 0.0728 e. The standard InChI is InChI=1S/C13H27NO2/c1-5-11-12(7-6-10(2)14-11)16-9-8-13(3,4)15/h10-12,14-15H,5-9H2,1-4H3. The third-order valence-corrected chi connectivity index (χ3v) is 3.32. The maximum absolute atomic E-state index is 9.62. The molecular formula is C13H27NO2. The minimum absolute atomic E-state index is 0.323. The molecular weight excluding hydrogens is 202 g/mol. The third kappa shape index (κ3) is 4.81. The average Bonchev–Trinajstić information content (AvgIpc) is 2.18. The number of nitrogens with one attached hydrogen (secondary N) is 1. The van der Waals surface area contributed by atoms with Crippen molar-refractivity contribution in [3.05, 3.63) is 0 Å². The summed E-state index contributed by atoms with van der Waals surface area (Å²) in [6, 6.07) is 1.09. The monoisotopic (exact) mass is 229 g/mol. The SMILES string of the molecule is CCC1NC(C)CCC1OCCC(C)(C)O. The number of aliphatic hydroxyl groups is 1. The second kappa shape index (κ2) is 5.99. The summed E-state index contributed by atoms with van der Waals surface area (Å²) in [7, 11) is 0. The van der Waals surface area contributed by atoms with E-state index in [9.17, 15) is 5.11 Å². The van der Waals surface area contributed by atoms with Crippen molar-refractivity contribution >= 4 is 0 Å². The van der Waals surface area contributed by atoms with Crippen molar-refractivity contribution in [2.75, 3.05) is 6.61 Å². The van der Waals surface area contributed by atoms with Gasteiger partial charge in [-0.05, 0) is 46.5 Å². The number of hydrogen-bond donors (Lipinski definition) is 2. The number of rotatable bonds is 5. The smallest absolute Gasteiger partial charge is 0.0728 e. The molecule has 0 saturated carbocycles. The molecule has 1 saturated heterocycles. The van der Waals surface area contributed by atoms with Crippen LogP contribution in [-0.2, 0) is 4.74 Å². The molecule has 3 atom stereocenters. The van der Waals surface area contributed by atoms with Crippen molar-refractivity contribution in [3.8, 4) is 0 Å². The molecule has 1 heterocycles. The van der Waals surface area contributed by atoms with E-state index in [-0.39, 0.29) is 0 Å². The van der Waals surface area contributed by atoms with Crippen molar-refractivity contribution in [3.63, 3.8) is 0 Å². The largest absolute Gasteiger partial charge is 0.390 e. The zero-order chi connectivity index (χ0) is 12.2. The van der Waals surface area contributed by atoms with E-state index in [0.29, 0.717) is 31.2 Å². The van der Waals surface area contributed by atoms with Crippen LogP contribution in [0.3, 0.4) is 0 Å². The van der Waals surface area contributed by atoms with Gasteiger partial charge in [0, 0.05) is 18.7 Å². The number of ether oxygens (including phenoxy) is 1. The van der Waals surface area contributed by atoms with Crippen LogP contribution < -0.4 is 5.32 Å². The Hall–Kier alpha value is -0.120. The van der Waals surface area contributed by atoms with Gasteiger partial charge in [0.15, 0.2) is 0 Å². The Morgan fingerprint density at radius 2 is 2.06 bits per heavy atom. The zero-order valence-corrected chi connectivity index (χ0v) is 11.1. The van der Waals surface area contributed by atoms with Gasteiger partial charge in [-0.1, -0.05) is 6.92 Å². The summed E-state index contributed by atoms with van der Waals surface area (Å²) in [6.07, 6.45) is 4.46. The molecule has 1 fully saturated rings. The fourth-order valence-corrected chi connectivity index (χ4v) is 2.21. The summed E-state index contributed by atoms with van der Waals surface area (Å²) in [5.74, 6) is 0. The van der Waals surface area contributed by atoms with Gasteiger partial charge in [0.25, 0.3) is 0 Å². The highest BCUT2D eigenvalue weighted by molar-refractivity contribution is 4.85. The normalized spacial score (nSPS) is 31.7. The molecule has 3 heteroatoms. The molecule has 2 N–H and O–H groups in total. The lowest BCUT2D eigenvalue weighted by Gasteiger charge is -2.36. The van der Waals surface area contributed by atoms with Crippen LogP contribution in [0, 0.1) is 0 Å². The minimum Gasteiger partial charge on any atom is -0.390 e. The predicted octanol–water partition coefficient (Wildman–Crippen LogP) is 2.08. The van der Waals surface area contributed by atoms with Crippen molar-refractivity contribution in [1.29, 1.82) is 0 Å². The zero-order valence-electron chi connectivity index (χ0n) is 11.1. The van der Waals surface area contributed by atoms with Crippen molar-refractivity contribution in [2.24, 2.45) is 0 Å². The van der Waals surface area contributed by atoms with Crippen LogP contribution in [0.2, 0.25) is 0 Å². The second-order valence-corrected chi connectivity index (χ2v) is 5.63. The Morgan fingerprint density at radius 1 is 1.38 bits per heavy atom. The first kappa shape index (κ1) is 13.9. The Morgan fingerprint density at radius 3 is 2.62 bits per heavy atom. The minimum atomic E-state index is -0.614. The lowest BCUT2D eigenvalue weighted by atomic mass is 9.94. The van der Waals surface area contributed by atoms with E-state index in [1.807, 2.05) is 13.8 Å². The van der Waals surface area contributed by atoms with Crippen molar-refractivity contribution < 1.29 is 9.84 Å². The first-order valence-electron chi connectivity index (χ1n) is 6.52. The summed E-state index contributed by atoms with van der Waals surface area (Å²) in [5, 5.41) is 13.2. The van der Waals surface area contributed by atoms with Crippen LogP contribution in [0.5, 0.6) is 0 Å². The van der Waals surface area contributed by atoms with E-state index in [4.69, 9.17) is 4.74 Å². The first-order chi connectivity index (χ1) is 7.42. The van der Waals surface area contributed by atoms with Gasteiger partial charge in [-0.25, -0.2) is 0 Å². The average molecular weight is 229 g/mol. The molecule has 3 nitrogen and oxygen atoms in total. The Balaban J connectivity index is 2.29. The summed E-state index contributed by atoms with van der Waals surface area (Å²) in [6.45, 7) is 8.74. The molecule has 0 aromatic carbocycles. The van der Waals surface area contributed by atoms with Crippen LogP contribution in [-0.4, -0.2) is 35.5 Å². The van der Waals surface area contributed by atoms with Crippen LogP contribution in [0.1, 0.15) is 53.4 Å². The van der Waals surface area contributed by atoms with E-state index in [0.717, 1.165) is 12.8 Å². The molecule has 1 rings (SSSR count). The van der Waals surface area contributed by atoms with Gasteiger partial charge in [0.2, 0.25) is 0 Å². The lowest BCUT2D eigenvalue weighted by molar-refractivity contribution is -0.0305. The first-order valence-corrected chi connectivity index (χ1v) is 6.52. The summed E-state index contributed by atoms with van der Waals surface area (Å²) in [4.78, 5) is 0. The van der Waals surface area contributed by atoms with Crippen LogP contribution >= 0.6 is 0 Å². The molecule has 0 spiro atoms. The lowest BCUT2D eigenvalue weighted by Crippen LogP contribution is -2.50. The van der Waals surface area contributed by atoms with Gasteiger partial charge in [-0.15, -0.1) is 0 Å². The molecule has 96 valence electrons. The highest BCUT2D eigenvalue weighted by atomic mass is 16.5. The van der Waals surface area contributed by atoms with Gasteiger partial charge in [-0.2, -0.15) is 0 Å². The van der Waals surface area contributed by atoms with Crippen LogP contribution in [0.15, 0.2) is 0 Å². The van der Waals surface area contributed by atoms with Crippen LogP contribution in [0.4, 0.5) is 0 Å². The van der Waals surface area contributed by atoms with Gasteiger partial charge < -0.3 is 15.2 Å². The molecule has 0 aliphatic carbocycles. The summed E-state index contributed by atoms with van der Waals surface area (Å²) >= 11 is 0. The van der Waals surface area contributed by atoms with Gasteiger partial charge in [0.1, 0.15) is 0 Å². The van der Waals surface area contributed by atoms with E-state index in [1.54, 1.807) is 0 Å². The Bertz CT molecular complexity index is 201. The van der Waals surface area contributed by atoms with Gasteiger partial charge >= 0.3 is 0 Å². The van der Waals surface area contributed by atoms with Crippen molar-refractivity contribution in [1.82, 2.24) is 5.32 Å². The molecule has 16 heavy (non-hydrogen) atoms. The van der Waals surface area contributed by atoms with Gasteiger partial charge in [0.05, 0.1) is 11.7 Å². The van der Waals surface area contributed by atoms with E-state index in [2.05, 4.69) is 19.2 Å². The fraction of sp³-hybridized carbons (Fsp3) is 1.00. The molecule has 0 radical (unpaired) electrons. The molecule has 1 aliphatic rings. The molecule has 1 aliphatic heterocycles. The third-order valence-electron chi connectivity index (χ3n) is 3.32.